The average molecular weight is 282 g/mol. The first-order valence-corrected chi connectivity index (χ1v) is 8.10. The third-order valence-electron chi connectivity index (χ3n) is 4.57. The van der Waals surface area contributed by atoms with Gasteiger partial charge in [0.1, 0.15) is 0 Å². The van der Waals surface area contributed by atoms with E-state index in [1.54, 1.807) is 0 Å². The molecule has 0 radical (unpaired) electrons. The Kier molecular flexibility index (Phi) is 6.10. The highest BCUT2D eigenvalue weighted by molar-refractivity contribution is 5.78. The van der Waals surface area contributed by atoms with Gasteiger partial charge in [0, 0.05) is 32.7 Å². The molecular weight excluding hydrogens is 252 g/mol. The Hall–Kier alpha value is -0.810. The van der Waals surface area contributed by atoms with Gasteiger partial charge in [0.2, 0.25) is 0 Å². The Labute approximate surface area is 122 Å². The monoisotopic (exact) mass is 282 g/mol. The second kappa shape index (κ2) is 7.84. The minimum absolute atomic E-state index is 0.0820. The number of likely N-dealkylation sites (tertiary alicyclic amines) is 2. The third-order valence-corrected chi connectivity index (χ3v) is 4.57. The van der Waals surface area contributed by atoms with Gasteiger partial charge in [-0.3, -0.25) is 4.99 Å². The van der Waals surface area contributed by atoms with Crippen LogP contribution in [0.3, 0.4) is 0 Å². The lowest BCUT2D eigenvalue weighted by Crippen LogP contribution is -2.42. The van der Waals surface area contributed by atoms with E-state index in [1.165, 1.54) is 12.8 Å². The molecule has 2 heterocycles. The summed E-state index contributed by atoms with van der Waals surface area (Å²) in [5.41, 5.74) is 6.06. The number of nitrogens with zero attached hydrogens (tertiary/aromatic N) is 3. The van der Waals surface area contributed by atoms with Crippen LogP contribution in [0, 0.1) is 5.92 Å². The summed E-state index contributed by atoms with van der Waals surface area (Å²) in [7, 11) is 0. The fraction of sp³-hybridized carbons (Fsp3) is 0.933. The molecule has 0 atom stereocenters. The molecule has 5 heteroatoms. The van der Waals surface area contributed by atoms with E-state index in [1.807, 2.05) is 0 Å². The zero-order valence-electron chi connectivity index (χ0n) is 12.8. The number of guanidine groups is 1. The summed E-state index contributed by atoms with van der Waals surface area (Å²) in [5.74, 6) is 1.56. The van der Waals surface area contributed by atoms with Crippen LogP contribution in [0.1, 0.15) is 39.0 Å². The predicted molar refractivity (Wildman–Crippen MR) is 82.8 cm³/mol. The first kappa shape index (κ1) is 15.6. The zero-order chi connectivity index (χ0) is 14.4. The number of hydrogen-bond donors (Lipinski definition) is 2. The number of aliphatic hydroxyl groups is 1. The first-order valence-electron chi connectivity index (χ1n) is 8.10. The summed E-state index contributed by atoms with van der Waals surface area (Å²) in [4.78, 5) is 9.15. The van der Waals surface area contributed by atoms with Crippen molar-refractivity contribution in [3.05, 3.63) is 0 Å². The van der Waals surface area contributed by atoms with Crippen LogP contribution < -0.4 is 5.73 Å². The molecule has 3 N–H and O–H groups in total. The van der Waals surface area contributed by atoms with E-state index in [4.69, 9.17) is 5.73 Å². The highest BCUT2D eigenvalue weighted by Gasteiger charge is 2.17. The van der Waals surface area contributed by atoms with E-state index < -0.39 is 0 Å². The van der Waals surface area contributed by atoms with Gasteiger partial charge in [-0.1, -0.05) is 6.92 Å². The summed E-state index contributed by atoms with van der Waals surface area (Å²) in [6.07, 6.45) is 5.26. The molecule has 0 bridgehead atoms. The Morgan fingerprint density at radius 2 is 1.80 bits per heavy atom. The quantitative estimate of drug-likeness (QED) is 0.456. The van der Waals surface area contributed by atoms with E-state index in [0.29, 0.717) is 0 Å². The standard InChI is InChI=1S/C15H30N4O/c1-13-3-11-19(12-4-13)15(16)17-7-2-8-18-9-5-14(20)6-10-18/h13-14,20H,2-12H2,1H3,(H2,16,17). The maximum absolute atomic E-state index is 9.46. The van der Waals surface area contributed by atoms with Gasteiger partial charge in [-0.15, -0.1) is 0 Å². The van der Waals surface area contributed by atoms with Crippen LogP contribution in [-0.4, -0.2) is 66.2 Å². The SMILES string of the molecule is CC1CCN(C(N)=NCCCN2CCC(O)CC2)CC1. The average Bonchev–Trinajstić information content (AvgIpc) is 2.46. The molecule has 2 rings (SSSR count). The van der Waals surface area contributed by atoms with Crippen molar-refractivity contribution in [2.75, 3.05) is 39.3 Å². The largest absolute Gasteiger partial charge is 0.393 e. The molecule has 2 saturated heterocycles. The van der Waals surface area contributed by atoms with Crippen LogP contribution in [0.2, 0.25) is 0 Å². The van der Waals surface area contributed by atoms with Crippen molar-refractivity contribution in [3.8, 4) is 0 Å². The molecule has 2 fully saturated rings. The fourth-order valence-electron chi connectivity index (χ4n) is 2.97. The van der Waals surface area contributed by atoms with Crippen LogP contribution in [0.15, 0.2) is 4.99 Å². The van der Waals surface area contributed by atoms with Gasteiger partial charge < -0.3 is 20.6 Å². The fourth-order valence-corrected chi connectivity index (χ4v) is 2.97. The summed E-state index contributed by atoms with van der Waals surface area (Å²) >= 11 is 0. The van der Waals surface area contributed by atoms with Crippen LogP contribution in [0.4, 0.5) is 0 Å². The Morgan fingerprint density at radius 3 is 2.45 bits per heavy atom. The highest BCUT2D eigenvalue weighted by Crippen LogP contribution is 2.15. The molecule has 20 heavy (non-hydrogen) atoms. The van der Waals surface area contributed by atoms with E-state index in [9.17, 15) is 5.11 Å². The number of aliphatic hydroxyl groups excluding tert-OH is 1. The van der Waals surface area contributed by atoms with Gasteiger partial charge in [0.15, 0.2) is 5.96 Å². The lowest BCUT2D eigenvalue weighted by atomic mass is 10.00. The van der Waals surface area contributed by atoms with Crippen LogP contribution >= 0.6 is 0 Å². The summed E-state index contributed by atoms with van der Waals surface area (Å²) in [6, 6.07) is 0. The molecule has 0 aliphatic carbocycles. The van der Waals surface area contributed by atoms with Crippen molar-refractivity contribution < 1.29 is 5.11 Å². The molecule has 0 aromatic rings. The van der Waals surface area contributed by atoms with Crippen molar-refractivity contribution in [2.45, 2.75) is 45.1 Å². The molecule has 2 aliphatic rings. The van der Waals surface area contributed by atoms with E-state index in [2.05, 4.69) is 21.7 Å². The topological polar surface area (TPSA) is 65.1 Å². The van der Waals surface area contributed by atoms with Crippen LogP contribution in [-0.2, 0) is 0 Å². The van der Waals surface area contributed by atoms with Crippen LogP contribution in [0.5, 0.6) is 0 Å². The van der Waals surface area contributed by atoms with Gasteiger partial charge >= 0.3 is 0 Å². The second-order valence-corrected chi connectivity index (χ2v) is 6.34. The van der Waals surface area contributed by atoms with Crippen molar-refractivity contribution >= 4 is 5.96 Å². The molecule has 0 amide bonds. The van der Waals surface area contributed by atoms with Gasteiger partial charge in [0.05, 0.1) is 6.10 Å². The molecule has 0 aromatic heterocycles. The summed E-state index contributed by atoms with van der Waals surface area (Å²) in [5, 5.41) is 9.46. The van der Waals surface area contributed by atoms with Crippen molar-refractivity contribution in [1.29, 1.82) is 0 Å². The molecule has 5 nitrogen and oxygen atoms in total. The molecule has 0 saturated carbocycles. The maximum atomic E-state index is 9.46. The van der Waals surface area contributed by atoms with Gasteiger partial charge in [0.25, 0.3) is 0 Å². The van der Waals surface area contributed by atoms with Gasteiger partial charge in [-0.25, -0.2) is 0 Å². The van der Waals surface area contributed by atoms with Crippen molar-refractivity contribution in [1.82, 2.24) is 9.80 Å². The minimum Gasteiger partial charge on any atom is -0.393 e. The van der Waals surface area contributed by atoms with Crippen LogP contribution in [0.25, 0.3) is 0 Å². The Morgan fingerprint density at radius 1 is 1.15 bits per heavy atom. The maximum Gasteiger partial charge on any atom is 0.191 e. The lowest BCUT2D eigenvalue weighted by Gasteiger charge is -2.31. The lowest BCUT2D eigenvalue weighted by molar-refractivity contribution is 0.0824. The summed E-state index contributed by atoms with van der Waals surface area (Å²) < 4.78 is 0. The van der Waals surface area contributed by atoms with Crippen molar-refractivity contribution in [2.24, 2.45) is 16.6 Å². The molecule has 0 unspecified atom stereocenters. The minimum atomic E-state index is -0.0820. The second-order valence-electron chi connectivity index (χ2n) is 6.34. The number of hydrogen-bond acceptors (Lipinski definition) is 3. The highest BCUT2D eigenvalue weighted by atomic mass is 16.3. The molecule has 2 aliphatic heterocycles. The van der Waals surface area contributed by atoms with E-state index in [-0.39, 0.29) is 6.10 Å². The normalized spacial score (nSPS) is 24.3. The Bertz CT molecular complexity index is 305. The molecule has 116 valence electrons. The predicted octanol–water partition coefficient (Wildman–Crippen LogP) is 0.880. The number of rotatable bonds is 4. The molecule has 0 spiro atoms. The Balaban J connectivity index is 1.60. The van der Waals surface area contributed by atoms with E-state index >= 15 is 0 Å². The zero-order valence-corrected chi connectivity index (χ0v) is 12.8. The molecular formula is C15H30N4O. The number of aliphatic imine (C=N–C) groups is 1. The van der Waals surface area contributed by atoms with Gasteiger partial charge in [-0.2, -0.15) is 0 Å². The van der Waals surface area contributed by atoms with Gasteiger partial charge in [-0.05, 0) is 44.6 Å². The first-order chi connectivity index (χ1) is 9.65. The summed E-state index contributed by atoms with van der Waals surface area (Å²) in [6.45, 7) is 8.34. The smallest absolute Gasteiger partial charge is 0.191 e. The third kappa shape index (κ3) is 4.94. The number of piperidine rings is 2. The van der Waals surface area contributed by atoms with E-state index in [0.717, 1.165) is 70.4 Å². The molecule has 0 aromatic carbocycles. The van der Waals surface area contributed by atoms with Crippen molar-refractivity contribution in [3.63, 3.8) is 0 Å². The number of nitrogens with two attached hydrogens (primary N) is 1.